The van der Waals surface area contributed by atoms with Crippen molar-refractivity contribution in [3.8, 4) is 0 Å². The Balaban J connectivity index is 2.53. The molecule has 0 spiro atoms. The van der Waals surface area contributed by atoms with Gasteiger partial charge in [0.1, 0.15) is 5.01 Å². The zero-order valence-corrected chi connectivity index (χ0v) is 10.0. The van der Waals surface area contributed by atoms with E-state index in [1.807, 2.05) is 6.92 Å². The molecule has 1 heterocycles. The molecule has 1 aromatic rings. The van der Waals surface area contributed by atoms with Crippen LogP contribution in [0.5, 0.6) is 0 Å². The van der Waals surface area contributed by atoms with Crippen LogP contribution in [0.25, 0.3) is 0 Å². The summed E-state index contributed by atoms with van der Waals surface area (Å²) in [6.07, 6.45) is -2.37. The van der Waals surface area contributed by atoms with Crippen molar-refractivity contribution in [3.63, 3.8) is 0 Å². The predicted molar refractivity (Wildman–Crippen MR) is 56.7 cm³/mol. The number of halogens is 4. The molecule has 98 valence electrons. The largest absolute Gasteiger partial charge is 0.359 e. The number of nitrogens with one attached hydrogen (secondary N) is 1. The molecule has 0 saturated carbocycles. The molecule has 0 fully saturated rings. The van der Waals surface area contributed by atoms with Crippen molar-refractivity contribution >= 4 is 11.3 Å². The highest BCUT2D eigenvalue weighted by molar-refractivity contribution is 7.11. The van der Waals surface area contributed by atoms with E-state index in [1.165, 1.54) is 0 Å². The minimum absolute atomic E-state index is 0.337. The predicted octanol–water partition coefficient (Wildman–Crippen LogP) is 2.44. The van der Waals surface area contributed by atoms with Crippen LogP contribution in [0.3, 0.4) is 0 Å². The first-order chi connectivity index (χ1) is 7.98. The molecule has 0 atom stereocenters. The summed E-state index contributed by atoms with van der Waals surface area (Å²) in [5, 5.41) is 9.07. The third kappa shape index (κ3) is 3.88. The summed E-state index contributed by atoms with van der Waals surface area (Å²) in [6.45, 7) is 3.39. The monoisotopic (exact) mass is 271 g/mol. The summed E-state index contributed by atoms with van der Waals surface area (Å²) >= 11 is 0.534. The van der Waals surface area contributed by atoms with Gasteiger partial charge in [0, 0.05) is 13.0 Å². The highest BCUT2D eigenvalue weighted by Gasteiger charge is 2.46. The summed E-state index contributed by atoms with van der Waals surface area (Å²) in [7, 11) is 0. The standard InChI is InChI=1S/C9H13F4N3S/c1-2-4-14-5-3-6-15-16-8(17-6)9(12,13)7(10)11/h7,14H,2-5H2,1H3. The molecular formula is C9H13F4N3S. The number of nitrogens with zero attached hydrogens (tertiary/aromatic N) is 2. The van der Waals surface area contributed by atoms with Crippen LogP contribution >= 0.6 is 11.3 Å². The van der Waals surface area contributed by atoms with E-state index in [1.54, 1.807) is 0 Å². The lowest BCUT2D eigenvalue weighted by molar-refractivity contribution is -0.135. The Bertz CT molecular complexity index is 343. The molecule has 3 nitrogen and oxygen atoms in total. The van der Waals surface area contributed by atoms with Crippen LogP contribution in [0.4, 0.5) is 17.6 Å². The molecule has 0 amide bonds. The zero-order chi connectivity index (χ0) is 12.9. The van der Waals surface area contributed by atoms with E-state index in [-0.39, 0.29) is 0 Å². The molecule has 1 aromatic heterocycles. The quantitative estimate of drug-likeness (QED) is 0.611. The lowest BCUT2D eigenvalue weighted by Crippen LogP contribution is -2.23. The molecule has 0 bridgehead atoms. The Morgan fingerprint density at radius 3 is 2.59 bits per heavy atom. The van der Waals surface area contributed by atoms with Gasteiger partial charge < -0.3 is 5.32 Å². The van der Waals surface area contributed by atoms with Crippen molar-refractivity contribution in [1.29, 1.82) is 0 Å². The Kier molecular flexibility index (Phi) is 5.26. The van der Waals surface area contributed by atoms with Crippen LogP contribution < -0.4 is 5.32 Å². The fourth-order valence-corrected chi connectivity index (χ4v) is 1.90. The van der Waals surface area contributed by atoms with Crippen molar-refractivity contribution in [2.75, 3.05) is 13.1 Å². The van der Waals surface area contributed by atoms with Crippen LogP contribution in [0.2, 0.25) is 0 Å². The van der Waals surface area contributed by atoms with Crippen LogP contribution in [0.15, 0.2) is 0 Å². The molecule has 1 N–H and O–H groups in total. The average molecular weight is 271 g/mol. The second kappa shape index (κ2) is 6.25. The number of hydrogen-bond acceptors (Lipinski definition) is 4. The second-order valence-electron chi connectivity index (χ2n) is 3.42. The van der Waals surface area contributed by atoms with Gasteiger partial charge in [-0.15, -0.1) is 10.2 Å². The van der Waals surface area contributed by atoms with E-state index in [9.17, 15) is 17.6 Å². The van der Waals surface area contributed by atoms with Gasteiger partial charge in [-0.1, -0.05) is 18.3 Å². The van der Waals surface area contributed by atoms with Gasteiger partial charge in [0.25, 0.3) is 0 Å². The lowest BCUT2D eigenvalue weighted by atomic mass is 10.4. The van der Waals surface area contributed by atoms with Crippen molar-refractivity contribution in [2.45, 2.75) is 32.1 Å². The Morgan fingerprint density at radius 1 is 1.29 bits per heavy atom. The summed E-state index contributed by atoms with van der Waals surface area (Å²) in [5.41, 5.74) is 0. The number of hydrogen-bond donors (Lipinski definition) is 1. The van der Waals surface area contributed by atoms with E-state index in [0.29, 0.717) is 29.3 Å². The average Bonchev–Trinajstić information content (AvgIpc) is 2.73. The molecule has 0 unspecified atom stereocenters. The third-order valence-electron chi connectivity index (χ3n) is 1.97. The number of alkyl halides is 4. The van der Waals surface area contributed by atoms with Gasteiger partial charge in [0.05, 0.1) is 0 Å². The minimum Gasteiger partial charge on any atom is -0.316 e. The van der Waals surface area contributed by atoms with Crippen LogP contribution in [0.1, 0.15) is 23.4 Å². The first kappa shape index (κ1) is 14.3. The van der Waals surface area contributed by atoms with E-state index in [0.717, 1.165) is 13.0 Å². The van der Waals surface area contributed by atoms with Gasteiger partial charge in [0.2, 0.25) is 0 Å². The zero-order valence-electron chi connectivity index (χ0n) is 9.22. The van der Waals surface area contributed by atoms with Crippen LogP contribution in [0, 0.1) is 0 Å². The molecule has 17 heavy (non-hydrogen) atoms. The van der Waals surface area contributed by atoms with Crippen molar-refractivity contribution < 1.29 is 17.6 Å². The van der Waals surface area contributed by atoms with E-state index < -0.39 is 17.4 Å². The molecule has 0 aromatic carbocycles. The summed E-state index contributed by atoms with van der Waals surface area (Å²) < 4.78 is 49.8. The third-order valence-corrected chi connectivity index (χ3v) is 3.04. The van der Waals surface area contributed by atoms with Crippen molar-refractivity contribution in [1.82, 2.24) is 15.5 Å². The van der Waals surface area contributed by atoms with Crippen molar-refractivity contribution in [3.05, 3.63) is 10.0 Å². The van der Waals surface area contributed by atoms with E-state index in [2.05, 4.69) is 15.5 Å². The van der Waals surface area contributed by atoms with Crippen LogP contribution in [-0.2, 0) is 12.3 Å². The van der Waals surface area contributed by atoms with Gasteiger partial charge in [0.15, 0.2) is 5.01 Å². The highest BCUT2D eigenvalue weighted by Crippen LogP contribution is 2.36. The van der Waals surface area contributed by atoms with E-state index >= 15 is 0 Å². The van der Waals surface area contributed by atoms with Gasteiger partial charge in [-0.05, 0) is 13.0 Å². The fraction of sp³-hybridized carbons (Fsp3) is 0.778. The first-order valence-electron chi connectivity index (χ1n) is 5.18. The number of rotatable bonds is 7. The minimum atomic E-state index is -4.20. The smallest absolute Gasteiger partial charge is 0.316 e. The Labute approximate surface area is 100 Å². The Morgan fingerprint density at radius 2 is 2.00 bits per heavy atom. The number of aromatic nitrogens is 2. The molecule has 0 aliphatic rings. The van der Waals surface area contributed by atoms with Gasteiger partial charge in [-0.2, -0.15) is 8.78 Å². The molecule has 0 aliphatic heterocycles. The summed E-state index contributed by atoms with van der Waals surface area (Å²) in [4.78, 5) is 0. The molecular weight excluding hydrogens is 258 g/mol. The van der Waals surface area contributed by atoms with Crippen molar-refractivity contribution in [2.24, 2.45) is 0 Å². The maximum atomic E-state index is 12.9. The second-order valence-corrected chi connectivity index (χ2v) is 4.49. The van der Waals surface area contributed by atoms with Crippen LogP contribution in [-0.4, -0.2) is 29.7 Å². The maximum Gasteiger partial charge on any atom is 0.359 e. The summed E-state index contributed by atoms with van der Waals surface area (Å²) in [6, 6.07) is 0. The first-order valence-corrected chi connectivity index (χ1v) is 5.99. The molecule has 0 aliphatic carbocycles. The maximum absolute atomic E-state index is 12.9. The lowest BCUT2D eigenvalue weighted by Gasteiger charge is -2.10. The van der Waals surface area contributed by atoms with E-state index in [4.69, 9.17) is 0 Å². The highest BCUT2D eigenvalue weighted by atomic mass is 32.1. The van der Waals surface area contributed by atoms with Gasteiger partial charge >= 0.3 is 12.3 Å². The fourth-order valence-electron chi connectivity index (χ4n) is 1.08. The normalized spacial score (nSPS) is 12.4. The molecule has 0 radical (unpaired) electrons. The molecule has 8 heteroatoms. The molecule has 1 rings (SSSR count). The molecule has 0 saturated heterocycles. The van der Waals surface area contributed by atoms with Gasteiger partial charge in [-0.3, -0.25) is 0 Å². The Hall–Kier alpha value is -0.760. The summed E-state index contributed by atoms with van der Waals surface area (Å²) in [5.74, 6) is -4.20. The topological polar surface area (TPSA) is 37.8 Å². The SMILES string of the molecule is CCCNCCc1nnc(C(F)(F)C(F)F)s1. The van der Waals surface area contributed by atoms with Gasteiger partial charge in [-0.25, -0.2) is 8.78 Å².